The topological polar surface area (TPSA) is 131 Å². The van der Waals surface area contributed by atoms with E-state index in [4.69, 9.17) is 24.7 Å². The number of nitrogens with two attached hydrogens (primary N) is 1. The number of carbonyl (C=O) groups is 4. The first kappa shape index (κ1) is 34.1. The second-order valence-electron chi connectivity index (χ2n) is 11.4. The number of ether oxygens (including phenoxy) is 4. The molecule has 0 amide bonds. The molecule has 1 aromatic rings. The molecular weight excluding hydrogens is 502 g/mol. The van der Waals surface area contributed by atoms with Gasteiger partial charge in [0, 0.05) is 6.42 Å². The Kier molecular flexibility index (Phi) is 14.2. The summed E-state index contributed by atoms with van der Waals surface area (Å²) in [6.07, 6.45) is 0.453. The van der Waals surface area contributed by atoms with E-state index in [1.165, 1.54) is 6.07 Å². The first-order valence-corrected chi connectivity index (χ1v) is 13.8. The van der Waals surface area contributed by atoms with Crippen LogP contribution in [0.4, 0.5) is 0 Å². The fourth-order valence-electron chi connectivity index (χ4n) is 3.14. The first-order valence-electron chi connectivity index (χ1n) is 13.8. The average molecular weight is 550 g/mol. The summed E-state index contributed by atoms with van der Waals surface area (Å²) in [5.41, 5.74) is 6.68. The molecule has 0 fully saturated rings. The standard InChI is InChI=1S/C30H47NO8/c1-17(2)10-13-27(32)36-16-20(7)37-30(35)24(31)14-23-11-12-25(38-28(33)21(8)18(3)4)26(15-23)39-29(34)22(9)19(5)6/h11-12,15,17-22,24H,10,13-14,16,31H2,1-9H3/t20-,21?,22?,24-/m0/s1. The van der Waals surface area contributed by atoms with Gasteiger partial charge in [0.25, 0.3) is 0 Å². The van der Waals surface area contributed by atoms with Crippen molar-refractivity contribution in [2.45, 2.75) is 93.7 Å². The molecule has 1 rings (SSSR count). The lowest BCUT2D eigenvalue weighted by molar-refractivity contribution is -0.159. The molecule has 39 heavy (non-hydrogen) atoms. The Morgan fingerprint density at radius 3 is 1.82 bits per heavy atom. The van der Waals surface area contributed by atoms with E-state index >= 15 is 0 Å². The lowest BCUT2D eigenvalue weighted by Gasteiger charge is -2.20. The highest BCUT2D eigenvalue weighted by atomic mass is 16.6. The van der Waals surface area contributed by atoms with Crippen molar-refractivity contribution in [1.82, 2.24) is 0 Å². The number of carbonyl (C=O) groups excluding carboxylic acids is 4. The van der Waals surface area contributed by atoms with Gasteiger partial charge in [-0.1, -0.05) is 61.5 Å². The van der Waals surface area contributed by atoms with Gasteiger partial charge in [0.15, 0.2) is 11.5 Å². The van der Waals surface area contributed by atoms with Crippen LogP contribution in [-0.2, 0) is 35.1 Å². The number of hydrogen-bond acceptors (Lipinski definition) is 9. The van der Waals surface area contributed by atoms with Crippen molar-refractivity contribution in [1.29, 1.82) is 0 Å². The maximum absolute atomic E-state index is 12.7. The lowest BCUT2D eigenvalue weighted by atomic mass is 9.98. The maximum Gasteiger partial charge on any atom is 0.323 e. The first-order chi connectivity index (χ1) is 18.1. The largest absolute Gasteiger partial charge is 0.462 e. The fourth-order valence-corrected chi connectivity index (χ4v) is 3.14. The number of hydrogen-bond donors (Lipinski definition) is 1. The summed E-state index contributed by atoms with van der Waals surface area (Å²) in [5.74, 6) is -1.94. The quantitative estimate of drug-likeness (QED) is 0.241. The molecular formula is C30H47NO8. The van der Waals surface area contributed by atoms with Gasteiger partial charge < -0.3 is 24.7 Å². The van der Waals surface area contributed by atoms with Gasteiger partial charge in [-0.3, -0.25) is 19.2 Å². The van der Waals surface area contributed by atoms with Crippen LogP contribution in [0.1, 0.15) is 80.7 Å². The monoisotopic (exact) mass is 549 g/mol. The Morgan fingerprint density at radius 1 is 0.769 bits per heavy atom. The van der Waals surface area contributed by atoms with Crippen LogP contribution in [-0.4, -0.2) is 42.6 Å². The van der Waals surface area contributed by atoms with Crippen molar-refractivity contribution in [3.8, 4) is 11.5 Å². The van der Waals surface area contributed by atoms with Gasteiger partial charge in [-0.25, -0.2) is 0 Å². The average Bonchev–Trinajstić information content (AvgIpc) is 2.86. The fraction of sp³-hybridized carbons (Fsp3) is 0.667. The molecule has 0 aliphatic carbocycles. The molecule has 0 aliphatic rings. The van der Waals surface area contributed by atoms with Crippen molar-refractivity contribution >= 4 is 23.9 Å². The zero-order valence-electron chi connectivity index (χ0n) is 24.9. The van der Waals surface area contributed by atoms with Crippen LogP contribution in [0.2, 0.25) is 0 Å². The van der Waals surface area contributed by atoms with Crippen LogP contribution < -0.4 is 15.2 Å². The van der Waals surface area contributed by atoms with E-state index in [2.05, 4.69) is 0 Å². The van der Waals surface area contributed by atoms with E-state index in [9.17, 15) is 19.2 Å². The minimum atomic E-state index is -1.02. The Hall–Kier alpha value is -2.94. The number of rotatable bonds is 15. The predicted molar refractivity (Wildman–Crippen MR) is 148 cm³/mol. The highest BCUT2D eigenvalue weighted by Crippen LogP contribution is 2.31. The van der Waals surface area contributed by atoms with Gasteiger partial charge in [-0.05, 0) is 55.2 Å². The Morgan fingerprint density at radius 2 is 1.31 bits per heavy atom. The van der Waals surface area contributed by atoms with Gasteiger partial charge >= 0.3 is 23.9 Å². The van der Waals surface area contributed by atoms with E-state index in [0.717, 1.165) is 6.42 Å². The minimum Gasteiger partial charge on any atom is -0.462 e. The summed E-state index contributed by atoms with van der Waals surface area (Å²) in [4.78, 5) is 49.6. The predicted octanol–water partition coefficient (Wildman–Crippen LogP) is 4.86. The smallest absolute Gasteiger partial charge is 0.323 e. The van der Waals surface area contributed by atoms with E-state index in [0.29, 0.717) is 17.9 Å². The van der Waals surface area contributed by atoms with E-state index < -0.39 is 30.1 Å². The van der Waals surface area contributed by atoms with Crippen molar-refractivity contribution in [3.05, 3.63) is 23.8 Å². The molecule has 0 saturated carbocycles. The molecule has 2 N–H and O–H groups in total. The minimum absolute atomic E-state index is 0.0484. The van der Waals surface area contributed by atoms with Gasteiger partial charge in [-0.2, -0.15) is 0 Å². The highest BCUT2D eigenvalue weighted by Gasteiger charge is 2.25. The van der Waals surface area contributed by atoms with Crippen molar-refractivity contribution in [2.75, 3.05) is 6.61 Å². The third-order valence-corrected chi connectivity index (χ3v) is 6.65. The van der Waals surface area contributed by atoms with Crippen LogP contribution in [0.3, 0.4) is 0 Å². The Balaban J connectivity index is 2.93. The zero-order valence-corrected chi connectivity index (χ0v) is 24.9. The molecule has 0 spiro atoms. The van der Waals surface area contributed by atoms with Gasteiger partial charge in [0.05, 0.1) is 11.8 Å². The van der Waals surface area contributed by atoms with Crippen molar-refractivity contribution < 1.29 is 38.1 Å². The van der Waals surface area contributed by atoms with Crippen LogP contribution >= 0.6 is 0 Å². The molecule has 0 heterocycles. The normalized spacial score (nSPS) is 14.5. The Labute approximate surface area is 233 Å². The second kappa shape index (κ2) is 16.2. The second-order valence-corrected chi connectivity index (χ2v) is 11.4. The molecule has 0 aliphatic heterocycles. The molecule has 0 saturated heterocycles. The molecule has 9 heteroatoms. The summed E-state index contributed by atoms with van der Waals surface area (Å²) in [5, 5.41) is 0. The molecule has 0 bridgehead atoms. The number of esters is 4. The number of benzene rings is 1. The molecule has 0 radical (unpaired) electrons. The van der Waals surface area contributed by atoms with E-state index in [1.807, 2.05) is 41.5 Å². The van der Waals surface area contributed by atoms with E-state index in [1.54, 1.807) is 32.9 Å². The highest BCUT2D eigenvalue weighted by molar-refractivity contribution is 5.79. The lowest BCUT2D eigenvalue weighted by Crippen LogP contribution is -2.37. The third-order valence-electron chi connectivity index (χ3n) is 6.65. The summed E-state index contributed by atoms with van der Waals surface area (Å²) >= 11 is 0. The van der Waals surface area contributed by atoms with Crippen LogP contribution in [0.15, 0.2) is 18.2 Å². The summed E-state index contributed by atoms with van der Waals surface area (Å²) in [7, 11) is 0. The van der Waals surface area contributed by atoms with Gasteiger partial charge in [0.2, 0.25) is 0 Å². The Bertz CT molecular complexity index is 972. The summed E-state index contributed by atoms with van der Waals surface area (Å²) < 4.78 is 21.7. The maximum atomic E-state index is 12.7. The van der Waals surface area contributed by atoms with Crippen LogP contribution in [0, 0.1) is 29.6 Å². The molecule has 220 valence electrons. The molecule has 0 aromatic heterocycles. The SMILES string of the molecule is CC(C)CCC(=O)OC[C@H](C)OC(=O)[C@@H](N)Cc1ccc(OC(=O)C(C)C(C)C)c(OC(=O)C(C)C(C)C)c1. The van der Waals surface area contributed by atoms with Gasteiger partial charge in [-0.15, -0.1) is 0 Å². The molecule has 9 nitrogen and oxygen atoms in total. The molecule has 2 unspecified atom stereocenters. The summed E-state index contributed by atoms with van der Waals surface area (Å²) in [6, 6.07) is 3.71. The molecule has 4 atom stereocenters. The van der Waals surface area contributed by atoms with Crippen molar-refractivity contribution in [2.24, 2.45) is 35.3 Å². The summed E-state index contributed by atoms with van der Waals surface area (Å²) in [6.45, 7) is 16.8. The van der Waals surface area contributed by atoms with Gasteiger partial charge in [0.1, 0.15) is 18.8 Å². The van der Waals surface area contributed by atoms with Crippen molar-refractivity contribution in [3.63, 3.8) is 0 Å². The van der Waals surface area contributed by atoms with Crippen LogP contribution in [0.5, 0.6) is 11.5 Å². The zero-order chi connectivity index (χ0) is 29.9. The molecule has 1 aromatic carbocycles. The van der Waals surface area contributed by atoms with E-state index in [-0.39, 0.29) is 54.2 Å². The van der Waals surface area contributed by atoms with Crippen LogP contribution in [0.25, 0.3) is 0 Å². The third kappa shape index (κ3) is 12.2.